The third-order valence-corrected chi connectivity index (χ3v) is 4.78. The molecule has 0 unspecified atom stereocenters. The number of piperidine rings is 1. The zero-order valence-electron chi connectivity index (χ0n) is 14.8. The van der Waals surface area contributed by atoms with Gasteiger partial charge in [0.25, 0.3) is 5.91 Å². The summed E-state index contributed by atoms with van der Waals surface area (Å²) in [5.41, 5.74) is 0.179. The predicted molar refractivity (Wildman–Crippen MR) is 92.2 cm³/mol. The lowest BCUT2D eigenvalue weighted by atomic mass is 10.0. The highest BCUT2D eigenvalue weighted by Crippen LogP contribution is 2.15. The first-order valence-electron chi connectivity index (χ1n) is 8.71. The summed E-state index contributed by atoms with van der Waals surface area (Å²) in [5.74, 6) is -0.287. The molecule has 0 radical (unpaired) electrons. The van der Waals surface area contributed by atoms with E-state index in [0.717, 1.165) is 58.8 Å². The Balaban J connectivity index is 1.78. The van der Waals surface area contributed by atoms with Crippen molar-refractivity contribution in [1.82, 2.24) is 20.0 Å². The smallest absolute Gasteiger partial charge is 0.263 e. The van der Waals surface area contributed by atoms with Gasteiger partial charge in [-0.25, -0.2) is 0 Å². The van der Waals surface area contributed by atoms with E-state index < -0.39 is 0 Å². The van der Waals surface area contributed by atoms with Crippen molar-refractivity contribution in [3.05, 3.63) is 11.8 Å². The molecule has 0 aliphatic carbocycles. The number of nitrogens with zero attached hydrogens (tertiary/aromatic N) is 4. The van der Waals surface area contributed by atoms with Crippen LogP contribution in [-0.4, -0.2) is 93.2 Å². The van der Waals surface area contributed by atoms with E-state index in [4.69, 9.17) is 4.74 Å². The molecule has 1 N–H and O–H groups in total. The number of carbonyl (C=O) groups is 1. The lowest BCUT2D eigenvalue weighted by molar-refractivity contribution is -0.117. The van der Waals surface area contributed by atoms with E-state index in [1.54, 1.807) is 6.20 Å². The van der Waals surface area contributed by atoms with Crippen molar-refractivity contribution in [3.63, 3.8) is 0 Å². The fourth-order valence-electron chi connectivity index (χ4n) is 3.10. The molecule has 0 atom stereocenters. The van der Waals surface area contributed by atoms with Gasteiger partial charge in [-0.05, 0) is 33.0 Å². The molecule has 0 aromatic heterocycles. The molecule has 0 aromatic rings. The van der Waals surface area contributed by atoms with E-state index in [1.165, 1.54) is 0 Å². The Morgan fingerprint density at radius 3 is 2.62 bits per heavy atom. The molecule has 0 aromatic carbocycles. The first kappa shape index (κ1) is 18.7. The number of hydrogen-bond donors (Lipinski definition) is 1. The summed E-state index contributed by atoms with van der Waals surface area (Å²) in [6.45, 7) is 6.74. The minimum Gasteiger partial charge on any atom is -0.379 e. The molecule has 2 fully saturated rings. The second-order valence-electron chi connectivity index (χ2n) is 6.56. The van der Waals surface area contributed by atoms with Crippen LogP contribution < -0.4 is 5.32 Å². The summed E-state index contributed by atoms with van der Waals surface area (Å²) in [4.78, 5) is 18.8. The number of hydrogen-bond acceptors (Lipinski definition) is 6. The van der Waals surface area contributed by atoms with Gasteiger partial charge in [-0.1, -0.05) is 0 Å². The summed E-state index contributed by atoms with van der Waals surface area (Å²) < 4.78 is 5.30. The van der Waals surface area contributed by atoms with Crippen LogP contribution in [0.1, 0.15) is 12.8 Å². The van der Waals surface area contributed by atoms with Gasteiger partial charge in [0.15, 0.2) is 0 Å². The minimum atomic E-state index is -0.287. The molecule has 7 nitrogen and oxygen atoms in total. The van der Waals surface area contributed by atoms with Gasteiger partial charge in [0, 0.05) is 45.5 Å². The summed E-state index contributed by atoms with van der Waals surface area (Å²) in [5, 5.41) is 12.1. The molecule has 2 saturated heterocycles. The molecule has 1 amide bonds. The second-order valence-corrected chi connectivity index (χ2v) is 6.56. The molecular weight excluding hydrogens is 306 g/mol. The molecule has 2 aliphatic rings. The number of amides is 1. The van der Waals surface area contributed by atoms with Gasteiger partial charge in [-0.3, -0.25) is 9.69 Å². The Morgan fingerprint density at radius 1 is 1.33 bits per heavy atom. The Bertz CT molecular complexity index is 474. The molecule has 0 spiro atoms. The van der Waals surface area contributed by atoms with Gasteiger partial charge in [-0.2, -0.15) is 5.26 Å². The molecule has 2 heterocycles. The van der Waals surface area contributed by atoms with E-state index in [1.807, 2.05) is 18.0 Å². The van der Waals surface area contributed by atoms with Crippen LogP contribution in [0.3, 0.4) is 0 Å². The summed E-state index contributed by atoms with van der Waals surface area (Å²) in [6.07, 6.45) is 3.81. The Hall–Kier alpha value is -1.62. The van der Waals surface area contributed by atoms with Crippen LogP contribution >= 0.6 is 0 Å². The van der Waals surface area contributed by atoms with Crippen molar-refractivity contribution >= 4 is 5.91 Å². The first-order chi connectivity index (χ1) is 11.6. The maximum atomic E-state index is 12.2. The molecule has 0 saturated carbocycles. The SMILES string of the molecule is CN1CCC(N(C)/C=C(/C#N)C(=O)NCCN2CCOCC2)CC1. The molecule has 2 rings (SSSR count). The van der Waals surface area contributed by atoms with Gasteiger partial charge in [-0.15, -0.1) is 0 Å². The molecular formula is C17H29N5O2. The average molecular weight is 335 g/mol. The zero-order chi connectivity index (χ0) is 17.4. The Labute approximate surface area is 144 Å². The van der Waals surface area contributed by atoms with Crippen molar-refractivity contribution in [1.29, 1.82) is 5.26 Å². The monoisotopic (exact) mass is 335 g/mol. The summed E-state index contributed by atoms with van der Waals surface area (Å²) in [6, 6.07) is 2.43. The first-order valence-corrected chi connectivity index (χ1v) is 8.71. The summed E-state index contributed by atoms with van der Waals surface area (Å²) in [7, 11) is 4.07. The third kappa shape index (κ3) is 5.78. The van der Waals surface area contributed by atoms with Gasteiger partial charge in [0.2, 0.25) is 0 Å². The highest BCUT2D eigenvalue weighted by atomic mass is 16.5. The third-order valence-electron chi connectivity index (χ3n) is 4.78. The normalized spacial score (nSPS) is 21.3. The molecule has 7 heteroatoms. The molecule has 2 aliphatic heterocycles. The van der Waals surface area contributed by atoms with Crippen LogP contribution in [0.5, 0.6) is 0 Å². The van der Waals surface area contributed by atoms with E-state index in [9.17, 15) is 10.1 Å². The highest BCUT2D eigenvalue weighted by molar-refractivity contribution is 5.97. The van der Waals surface area contributed by atoms with Crippen LogP contribution in [0, 0.1) is 11.3 Å². The van der Waals surface area contributed by atoms with Gasteiger partial charge >= 0.3 is 0 Å². The van der Waals surface area contributed by atoms with Gasteiger partial charge in [0.05, 0.1) is 13.2 Å². The number of rotatable bonds is 6. The van der Waals surface area contributed by atoms with Crippen LogP contribution in [0.4, 0.5) is 0 Å². The minimum absolute atomic E-state index is 0.179. The Morgan fingerprint density at radius 2 is 2.00 bits per heavy atom. The summed E-state index contributed by atoms with van der Waals surface area (Å²) >= 11 is 0. The van der Waals surface area contributed by atoms with Crippen LogP contribution in [0.25, 0.3) is 0 Å². The maximum Gasteiger partial charge on any atom is 0.263 e. The topological polar surface area (TPSA) is 71.8 Å². The van der Waals surface area contributed by atoms with Crippen LogP contribution in [0.2, 0.25) is 0 Å². The molecule has 134 valence electrons. The largest absolute Gasteiger partial charge is 0.379 e. The van der Waals surface area contributed by atoms with Crippen molar-refractivity contribution in [2.24, 2.45) is 0 Å². The predicted octanol–water partition coefficient (Wildman–Crippen LogP) is -0.132. The van der Waals surface area contributed by atoms with Crippen molar-refractivity contribution < 1.29 is 9.53 Å². The standard InChI is InChI=1S/C17H29N5O2/c1-20-6-3-16(4-7-20)21(2)14-15(13-18)17(23)19-5-8-22-9-11-24-12-10-22/h14,16H,3-12H2,1-2H3,(H,19,23)/b15-14-. The fourth-order valence-corrected chi connectivity index (χ4v) is 3.10. The highest BCUT2D eigenvalue weighted by Gasteiger charge is 2.20. The average Bonchev–Trinajstić information content (AvgIpc) is 2.60. The zero-order valence-corrected chi connectivity index (χ0v) is 14.8. The van der Waals surface area contributed by atoms with Crippen molar-refractivity contribution in [2.75, 3.05) is 66.6 Å². The molecule has 0 bridgehead atoms. The second kappa shape index (κ2) is 9.62. The number of morpholine rings is 1. The lowest BCUT2D eigenvalue weighted by Gasteiger charge is -2.34. The quantitative estimate of drug-likeness (QED) is 0.538. The van der Waals surface area contributed by atoms with E-state index in [0.29, 0.717) is 12.6 Å². The number of carbonyl (C=O) groups excluding carboxylic acids is 1. The Kier molecular flexibility index (Phi) is 7.50. The van der Waals surface area contributed by atoms with Crippen LogP contribution in [-0.2, 0) is 9.53 Å². The number of nitrogens with one attached hydrogen (secondary N) is 1. The lowest BCUT2D eigenvalue weighted by Crippen LogP contribution is -2.42. The maximum absolute atomic E-state index is 12.2. The number of likely N-dealkylation sites (tertiary alicyclic amines) is 1. The van der Waals surface area contributed by atoms with E-state index in [-0.39, 0.29) is 11.5 Å². The molecule has 24 heavy (non-hydrogen) atoms. The van der Waals surface area contributed by atoms with Gasteiger partial charge < -0.3 is 19.9 Å². The van der Waals surface area contributed by atoms with E-state index in [2.05, 4.69) is 22.2 Å². The van der Waals surface area contributed by atoms with Gasteiger partial charge in [0.1, 0.15) is 11.6 Å². The van der Waals surface area contributed by atoms with E-state index >= 15 is 0 Å². The van der Waals surface area contributed by atoms with Crippen molar-refractivity contribution in [2.45, 2.75) is 18.9 Å². The van der Waals surface area contributed by atoms with Crippen LogP contribution in [0.15, 0.2) is 11.8 Å². The number of nitriles is 1. The fraction of sp³-hybridized carbons (Fsp3) is 0.765. The number of ether oxygens (including phenoxy) is 1. The van der Waals surface area contributed by atoms with Crippen molar-refractivity contribution in [3.8, 4) is 6.07 Å².